The summed E-state index contributed by atoms with van der Waals surface area (Å²) < 4.78 is 1.90. The van der Waals surface area contributed by atoms with Gasteiger partial charge in [-0.3, -0.25) is 19.6 Å². The largest absolute Gasteiger partial charge is 0.317 e. The van der Waals surface area contributed by atoms with Gasteiger partial charge in [0.2, 0.25) is 11.8 Å². The normalized spacial score (nSPS) is 25.5. The number of piperidine rings is 2. The smallest absolute Gasteiger partial charge is 0.235 e. The summed E-state index contributed by atoms with van der Waals surface area (Å²) in [7, 11) is 1.95. The molecule has 0 bridgehead atoms. The van der Waals surface area contributed by atoms with Crippen molar-refractivity contribution >= 4 is 22.7 Å². The fraction of sp³-hybridized carbons (Fsp3) is 0.609. The van der Waals surface area contributed by atoms with E-state index in [-0.39, 0.29) is 17.7 Å². The van der Waals surface area contributed by atoms with Crippen molar-refractivity contribution in [2.24, 2.45) is 12.5 Å². The summed E-state index contributed by atoms with van der Waals surface area (Å²) in [5.74, 6) is -0.118. The molecular formula is C23H30N4O2. The molecule has 0 radical (unpaired) electrons. The van der Waals surface area contributed by atoms with Crippen LogP contribution in [0.25, 0.3) is 10.9 Å². The summed E-state index contributed by atoms with van der Waals surface area (Å²) in [6, 6.07) is 6.67. The summed E-state index contributed by atoms with van der Waals surface area (Å²) in [5, 5.41) is 11.7. The molecule has 1 atom stereocenters. The van der Waals surface area contributed by atoms with E-state index in [2.05, 4.69) is 33.9 Å². The van der Waals surface area contributed by atoms with Crippen molar-refractivity contribution in [2.75, 3.05) is 13.1 Å². The number of imide groups is 1. The molecule has 1 saturated carbocycles. The summed E-state index contributed by atoms with van der Waals surface area (Å²) in [6.45, 7) is 2.35. The van der Waals surface area contributed by atoms with Gasteiger partial charge in [-0.05, 0) is 81.0 Å². The molecule has 6 heteroatoms. The van der Waals surface area contributed by atoms with E-state index < -0.39 is 0 Å². The molecule has 3 heterocycles. The topological polar surface area (TPSA) is 76.0 Å². The Morgan fingerprint density at radius 3 is 2.55 bits per heavy atom. The molecule has 3 aliphatic rings. The van der Waals surface area contributed by atoms with Crippen LogP contribution in [0.15, 0.2) is 18.2 Å². The third kappa shape index (κ3) is 3.37. The maximum Gasteiger partial charge on any atom is 0.235 e. The van der Waals surface area contributed by atoms with E-state index in [1.165, 1.54) is 57.2 Å². The van der Waals surface area contributed by atoms with E-state index in [0.717, 1.165) is 16.6 Å². The standard InChI is InChI=1S/C23H30N4O2/c1-27-19-14-16(15-6-8-23(9-7-15)10-12-24-13-11-23)2-3-17(19)21(26-27)18-4-5-20(28)25-22(18)29/h2-3,14-15,18,24H,4-13H2,1H3,(H,25,28,29). The number of aryl methyl sites for hydroxylation is 1. The number of rotatable bonds is 2. The maximum absolute atomic E-state index is 12.3. The molecule has 1 aliphatic carbocycles. The number of nitrogens with one attached hydrogen (secondary N) is 2. The average Bonchev–Trinajstić information content (AvgIpc) is 3.05. The van der Waals surface area contributed by atoms with Crippen molar-refractivity contribution < 1.29 is 9.59 Å². The molecule has 6 nitrogen and oxygen atoms in total. The zero-order valence-corrected chi connectivity index (χ0v) is 17.2. The van der Waals surface area contributed by atoms with Crippen molar-refractivity contribution in [3.05, 3.63) is 29.5 Å². The van der Waals surface area contributed by atoms with E-state index >= 15 is 0 Å². The minimum atomic E-state index is -0.336. The molecule has 1 aromatic carbocycles. The Labute approximate surface area is 171 Å². The van der Waals surface area contributed by atoms with Crippen LogP contribution in [0, 0.1) is 5.41 Å². The zero-order chi connectivity index (χ0) is 20.0. The molecule has 3 fully saturated rings. The Morgan fingerprint density at radius 2 is 1.83 bits per heavy atom. The van der Waals surface area contributed by atoms with Gasteiger partial charge in [-0.15, -0.1) is 0 Å². The van der Waals surface area contributed by atoms with E-state index in [0.29, 0.717) is 24.2 Å². The van der Waals surface area contributed by atoms with Crippen LogP contribution in [0.1, 0.15) is 74.5 Å². The number of nitrogens with zero attached hydrogens (tertiary/aromatic N) is 2. The van der Waals surface area contributed by atoms with E-state index in [1.54, 1.807) is 0 Å². The predicted molar refractivity (Wildman–Crippen MR) is 112 cm³/mol. The highest BCUT2D eigenvalue weighted by Gasteiger charge is 2.37. The first-order valence-electron chi connectivity index (χ1n) is 11.1. The molecule has 29 heavy (non-hydrogen) atoms. The van der Waals surface area contributed by atoms with Crippen LogP contribution in [0.3, 0.4) is 0 Å². The number of carbonyl (C=O) groups is 2. The van der Waals surface area contributed by atoms with E-state index in [1.807, 2.05) is 11.7 Å². The molecule has 2 aromatic rings. The number of fused-ring (bicyclic) bond motifs is 1. The molecule has 1 aromatic heterocycles. The Morgan fingerprint density at radius 1 is 1.07 bits per heavy atom. The molecule has 5 rings (SSSR count). The minimum Gasteiger partial charge on any atom is -0.317 e. The number of amides is 2. The Kier molecular flexibility index (Phi) is 4.69. The van der Waals surface area contributed by atoms with Crippen molar-refractivity contribution in [1.29, 1.82) is 0 Å². The van der Waals surface area contributed by atoms with Gasteiger partial charge in [0.25, 0.3) is 0 Å². The third-order valence-electron chi connectivity index (χ3n) is 7.66. The summed E-state index contributed by atoms with van der Waals surface area (Å²) in [5.41, 5.74) is 3.87. The molecule has 2 saturated heterocycles. The second kappa shape index (κ2) is 7.24. The first-order chi connectivity index (χ1) is 14.0. The van der Waals surface area contributed by atoms with Gasteiger partial charge in [-0.25, -0.2) is 0 Å². The number of carbonyl (C=O) groups excluding carboxylic acids is 2. The fourth-order valence-corrected chi connectivity index (χ4v) is 5.79. The first-order valence-corrected chi connectivity index (χ1v) is 11.1. The van der Waals surface area contributed by atoms with Gasteiger partial charge in [0.05, 0.1) is 17.1 Å². The van der Waals surface area contributed by atoms with Gasteiger partial charge in [-0.1, -0.05) is 12.1 Å². The summed E-state index contributed by atoms with van der Waals surface area (Å²) in [4.78, 5) is 23.8. The second-order valence-corrected chi connectivity index (χ2v) is 9.31. The molecule has 1 unspecified atom stereocenters. The summed E-state index contributed by atoms with van der Waals surface area (Å²) in [6.07, 6.45) is 8.79. The molecular weight excluding hydrogens is 364 g/mol. The lowest BCUT2D eigenvalue weighted by molar-refractivity contribution is -0.134. The number of aromatic nitrogens is 2. The van der Waals surface area contributed by atoms with Crippen LogP contribution in [0.4, 0.5) is 0 Å². The SMILES string of the molecule is Cn1nc(C2CCC(=O)NC2=O)c2ccc(C3CCC4(CCNCC4)CC3)cc21. The number of hydrogen-bond donors (Lipinski definition) is 2. The van der Waals surface area contributed by atoms with Gasteiger partial charge in [0.1, 0.15) is 0 Å². The number of hydrogen-bond acceptors (Lipinski definition) is 4. The Balaban J connectivity index is 1.38. The van der Waals surface area contributed by atoms with E-state index in [4.69, 9.17) is 0 Å². The van der Waals surface area contributed by atoms with Gasteiger partial charge < -0.3 is 5.32 Å². The van der Waals surface area contributed by atoms with Crippen LogP contribution >= 0.6 is 0 Å². The van der Waals surface area contributed by atoms with Crippen LogP contribution in [-0.4, -0.2) is 34.7 Å². The van der Waals surface area contributed by atoms with Crippen LogP contribution < -0.4 is 10.6 Å². The lowest BCUT2D eigenvalue weighted by atomic mass is 9.65. The van der Waals surface area contributed by atoms with Gasteiger partial charge in [0, 0.05) is 18.9 Å². The maximum atomic E-state index is 12.3. The molecule has 1 spiro atoms. The third-order valence-corrected chi connectivity index (χ3v) is 7.66. The monoisotopic (exact) mass is 394 g/mol. The first kappa shape index (κ1) is 18.8. The van der Waals surface area contributed by atoms with Crippen LogP contribution in [0.5, 0.6) is 0 Å². The van der Waals surface area contributed by atoms with Crippen molar-refractivity contribution in [1.82, 2.24) is 20.4 Å². The Bertz CT molecular complexity index is 947. The van der Waals surface area contributed by atoms with E-state index in [9.17, 15) is 9.59 Å². The minimum absolute atomic E-state index is 0.183. The molecule has 154 valence electrons. The van der Waals surface area contributed by atoms with Crippen molar-refractivity contribution in [3.63, 3.8) is 0 Å². The highest BCUT2D eigenvalue weighted by atomic mass is 16.2. The molecule has 2 aliphatic heterocycles. The van der Waals surface area contributed by atoms with Gasteiger partial charge in [0.15, 0.2) is 0 Å². The van der Waals surface area contributed by atoms with Crippen LogP contribution in [-0.2, 0) is 16.6 Å². The lowest BCUT2D eigenvalue weighted by Crippen LogP contribution is -2.39. The van der Waals surface area contributed by atoms with Gasteiger partial charge >= 0.3 is 0 Å². The Hall–Kier alpha value is -2.21. The summed E-state index contributed by atoms with van der Waals surface area (Å²) >= 11 is 0. The molecule has 2 N–H and O–H groups in total. The second-order valence-electron chi connectivity index (χ2n) is 9.31. The fourth-order valence-electron chi connectivity index (χ4n) is 5.79. The quantitative estimate of drug-likeness (QED) is 0.768. The molecule has 2 amide bonds. The zero-order valence-electron chi connectivity index (χ0n) is 17.2. The lowest BCUT2D eigenvalue weighted by Gasteiger charge is -2.43. The van der Waals surface area contributed by atoms with Gasteiger partial charge in [-0.2, -0.15) is 5.10 Å². The van der Waals surface area contributed by atoms with Crippen LogP contribution in [0.2, 0.25) is 0 Å². The van der Waals surface area contributed by atoms with Crippen molar-refractivity contribution in [3.8, 4) is 0 Å². The number of benzene rings is 1. The highest BCUT2D eigenvalue weighted by molar-refractivity contribution is 6.02. The highest BCUT2D eigenvalue weighted by Crippen LogP contribution is 2.48. The predicted octanol–water partition coefficient (Wildman–Crippen LogP) is 3.12. The van der Waals surface area contributed by atoms with Crippen molar-refractivity contribution in [2.45, 2.75) is 63.2 Å². The average molecular weight is 395 g/mol.